The quantitative estimate of drug-likeness (QED) is 0.664. The third kappa shape index (κ3) is 7.03. The highest BCUT2D eigenvalue weighted by Crippen LogP contribution is 2.14. The van der Waals surface area contributed by atoms with E-state index in [4.69, 9.17) is 10.5 Å². The van der Waals surface area contributed by atoms with E-state index >= 15 is 0 Å². The molecule has 2 unspecified atom stereocenters. The third-order valence-electron chi connectivity index (χ3n) is 2.59. The standard InChI is InChI=1S/C11H25NO/c1-9(2)5-6-11(12)10(3)7-8-13-4/h9-11H,5-8,12H2,1-4H3. The Balaban J connectivity index is 3.50. The van der Waals surface area contributed by atoms with Gasteiger partial charge in [0.1, 0.15) is 0 Å². The highest BCUT2D eigenvalue weighted by Gasteiger charge is 2.12. The van der Waals surface area contributed by atoms with Gasteiger partial charge in [-0.2, -0.15) is 0 Å². The molecular formula is C11H25NO. The molecular weight excluding hydrogens is 162 g/mol. The lowest BCUT2D eigenvalue weighted by Gasteiger charge is -2.20. The van der Waals surface area contributed by atoms with E-state index in [-0.39, 0.29) is 0 Å². The molecule has 0 aliphatic heterocycles. The minimum Gasteiger partial charge on any atom is -0.385 e. The summed E-state index contributed by atoms with van der Waals surface area (Å²) in [6.45, 7) is 7.53. The predicted molar refractivity (Wildman–Crippen MR) is 57.7 cm³/mol. The first-order valence-corrected chi connectivity index (χ1v) is 5.32. The maximum Gasteiger partial charge on any atom is 0.0465 e. The summed E-state index contributed by atoms with van der Waals surface area (Å²) in [6.07, 6.45) is 3.46. The molecule has 0 aromatic heterocycles. The van der Waals surface area contributed by atoms with E-state index in [1.54, 1.807) is 7.11 Å². The molecule has 0 spiro atoms. The molecule has 0 aliphatic carbocycles. The number of hydrogen-bond donors (Lipinski definition) is 1. The van der Waals surface area contributed by atoms with E-state index in [0.29, 0.717) is 12.0 Å². The van der Waals surface area contributed by atoms with Crippen LogP contribution < -0.4 is 5.73 Å². The summed E-state index contributed by atoms with van der Waals surface area (Å²) < 4.78 is 5.03. The number of nitrogens with two attached hydrogens (primary N) is 1. The van der Waals surface area contributed by atoms with Gasteiger partial charge >= 0.3 is 0 Å². The lowest BCUT2D eigenvalue weighted by atomic mass is 9.93. The Morgan fingerprint density at radius 3 is 2.15 bits per heavy atom. The zero-order chi connectivity index (χ0) is 10.3. The van der Waals surface area contributed by atoms with Crippen molar-refractivity contribution in [2.24, 2.45) is 17.6 Å². The molecule has 0 saturated heterocycles. The molecule has 0 bridgehead atoms. The normalized spacial score (nSPS) is 16.2. The lowest BCUT2D eigenvalue weighted by molar-refractivity contribution is 0.172. The van der Waals surface area contributed by atoms with Crippen LogP contribution >= 0.6 is 0 Å². The van der Waals surface area contributed by atoms with Gasteiger partial charge in [-0.05, 0) is 31.1 Å². The molecule has 2 atom stereocenters. The van der Waals surface area contributed by atoms with Gasteiger partial charge in [0.2, 0.25) is 0 Å². The van der Waals surface area contributed by atoms with Crippen LogP contribution in [0, 0.1) is 11.8 Å². The molecule has 0 aromatic rings. The zero-order valence-electron chi connectivity index (χ0n) is 9.55. The second-order valence-electron chi connectivity index (χ2n) is 4.39. The second-order valence-corrected chi connectivity index (χ2v) is 4.39. The van der Waals surface area contributed by atoms with Crippen molar-refractivity contribution in [1.29, 1.82) is 0 Å². The summed E-state index contributed by atoms with van der Waals surface area (Å²) in [7, 11) is 1.74. The zero-order valence-corrected chi connectivity index (χ0v) is 9.55. The van der Waals surface area contributed by atoms with Crippen molar-refractivity contribution >= 4 is 0 Å². The Hall–Kier alpha value is -0.0800. The minimum absolute atomic E-state index is 0.345. The molecule has 2 nitrogen and oxygen atoms in total. The summed E-state index contributed by atoms with van der Waals surface area (Å²) in [5.41, 5.74) is 6.05. The van der Waals surface area contributed by atoms with Crippen LogP contribution in [0.15, 0.2) is 0 Å². The maximum absolute atomic E-state index is 6.05. The van der Waals surface area contributed by atoms with Crippen molar-refractivity contribution in [3.05, 3.63) is 0 Å². The molecule has 0 rings (SSSR count). The first-order valence-electron chi connectivity index (χ1n) is 5.32. The number of methoxy groups -OCH3 is 1. The fraction of sp³-hybridized carbons (Fsp3) is 1.00. The van der Waals surface area contributed by atoms with Crippen molar-refractivity contribution in [2.75, 3.05) is 13.7 Å². The Kier molecular flexibility index (Phi) is 7.29. The van der Waals surface area contributed by atoms with Crippen LogP contribution in [0.4, 0.5) is 0 Å². The van der Waals surface area contributed by atoms with Crippen molar-refractivity contribution in [1.82, 2.24) is 0 Å². The van der Waals surface area contributed by atoms with Gasteiger partial charge in [-0.3, -0.25) is 0 Å². The summed E-state index contributed by atoms with van der Waals surface area (Å²) >= 11 is 0. The van der Waals surface area contributed by atoms with Gasteiger partial charge in [0, 0.05) is 19.8 Å². The van der Waals surface area contributed by atoms with E-state index < -0.39 is 0 Å². The Labute approximate surface area is 82.8 Å². The number of rotatable bonds is 7. The smallest absolute Gasteiger partial charge is 0.0465 e. The summed E-state index contributed by atoms with van der Waals surface area (Å²) in [4.78, 5) is 0. The van der Waals surface area contributed by atoms with E-state index in [9.17, 15) is 0 Å². The van der Waals surface area contributed by atoms with Gasteiger partial charge in [-0.1, -0.05) is 20.8 Å². The fourth-order valence-corrected chi connectivity index (χ4v) is 1.33. The van der Waals surface area contributed by atoms with E-state index in [1.807, 2.05) is 0 Å². The number of hydrogen-bond acceptors (Lipinski definition) is 2. The fourth-order valence-electron chi connectivity index (χ4n) is 1.33. The van der Waals surface area contributed by atoms with Crippen LogP contribution in [0.25, 0.3) is 0 Å². The molecule has 0 saturated carbocycles. The first-order chi connectivity index (χ1) is 6.07. The molecule has 13 heavy (non-hydrogen) atoms. The van der Waals surface area contributed by atoms with Crippen LogP contribution in [0.1, 0.15) is 40.0 Å². The number of ether oxygens (including phenoxy) is 1. The highest BCUT2D eigenvalue weighted by molar-refractivity contribution is 4.69. The topological polar surface area (TPSA) is 35.2 Å². The van der Waals surface area contributed by atoms with E-state index in [2.05, 4.69) is 20.8 Å². The van der Waals surface area contributed by atoms with Gasteiger partial charge in [0.15, 0.2) is 0 Å². The van der Waals surface area contributed by atoms with E-state index in [1.165, 1.54) is 6.42 Å². The second kappa shape index (κ2) is 7.34. The van der Waals surface area contributed by atoms with Gasteiger partial charge in [0.05, 0.1) is 0 Å². The summed E-state index contributed by atoms with van der Waals surface area (Å²) in [5, 5.41) is 0. The largest absolute Gasteiger partial charge is 0.385 e. The van der Waals surface area contributed by atoms with Gasteiger partial charge in [-0.25, -0.2) is 0 Å². The molecule has 0 heterocycles. The minimum atomic E-state index is 0.345. The highest BCUT2D eigenvalue weighted by atomic mass is 16.5. The lowest BCUT2D eigenvalue weighted by Crippen LogP contribution is -2.29. The Bertz CT molecular complexity index is 115. The van der Waals surface area contributed by atoms with Crippen molar-refractivity contribution in [2.45, 2.75) is 46.1 Å². The van der Waals surface area contributed by atoms with Gasteiger partial charge in [0.25, 0.3) is 0 Å². The van der Waals surface area contributed by atoms with Crippen LogP contribution in [0.2, 0.25) is 0 Å². The average molecular weight is 187 g/mol. The van der Waals surface area contributed by atoms with Crippen molar-refractivity contribution < 1.29 is 4.74 Å². The molecule has 0 amide bonds. The molecule has 0 aromatic carbocycles. The molecule has 0 fully saturated rings. The average Bonchev–Trinajstić information content (AvgIpc) is 2.10. The van der Waals surface area contributed by atoms with Crippen LogP contribution in [0.3, 0.4) is 0 Å². The summed E-state index contributed by atoms with van der Waals surface area (Å²) in [6, 6.07) is 0.345. The molecule has 80 valence electrons. The molecule has 2 heteroatoms. The molecule has 2 N–H and O–H groups in total. The van der Waals surface area contributed by atoms with Crippen LogP contribution in [-0.4, -0.2) is 19.8 Å². The van der Waals surface area contributed by atoms with Crippen molar-refractivity contribution in [3.63, 3.8) is 0 Å². The van der Waals surface area contributed by atoms with Crippen LogP contribution in [-0.2, 0) is 4.74 Å². The Morgan fingerprint density at radius 1 is 1.08 bits per heavy atom. The molecule has 0 aliphatic rings. The van der Waals surface area contributed by atoms with Crippen LogP contribution in [0.5, 0.6) is 0 Å². The van der Waals surface area contributed by atoms with Gasteiger partial charge in [-0.15, -0.1) is 0 Å². The summed E-state index contributed by atoms with van der Waals surface area (Å²) in [5.74, 6) is 1.35. The Morgan fingerprint density at radius 2 is 1.69 bits per heavy atom. The SMILES string of the molecule is COCCC(C)C(N)CCC(C)C. The monoisotopic (exact) mass is 187 g/mol. The van der Waals surface area contributed by atoms with E-state index in [0.717, 1.165) is 25.4 Å². The first kappa shape index (κ1) is 12.9. The van der Waals surface area contributed by atoms with Crippen molar-refractivity contribution in [3.8, 4) is 0 Å². The third-order valence-corrected chi connectivity index (χ3v) is 2.59. The molecule has 0 radical (unpaired) electrons. The predicted octanol–water partition coefficient (Wildman–Crippen LogP) is 2.42. The van der Waals surface area contributed by atoms with Gasteiger partial charge < -0.3 is 10.5 Å². The maximum atomic E-state index is 6.05.